The summed E-state index contributed by atoms with van der Waals surface area (Å²) in [4.78, 5) is 9.91. The summed E-state index contributed by atoms with van der Waals surface area (Å²) >= 11 is 0. The molecule has 0 saturated carbocycles. The standard InChI is InChI=1S/C18H22N4O2/c1-13-20-18(21-24-13)11-22-6-7-23-12-15(10-22)8-14-2-3-17-16(9-14)4-5-19-17/h2-5,9,15,19H,6-8,10-12H2,1H3/t15-/m1/s1. The molecule has 1 fully saturated rings. The van der Waals surface area contributed by atoms with Gasteiger partial charge in [-0.25, -0.2) is 0 Å². The van der Waals surface area contributed by atoms with Crippen LogP contribution < -0.4 is 0 Å². The van der Waals surface area contributed by atoms with Crippen LogP contribution in [-0.2, 0) is 17.7 Å². The van der Waals surface area contributed by atoms with Crippen molar-refractivity contribution in [1.82, 2.24) is 20.0 Å². The number of nitrogens with one attached hydrogen (secondary N) is 1. The zero-order valence-corrected chi connectivity index (χ0v) is 13.9. The maximum absolute atomic E-state index is 5.81. The summed E-state index contributed by atoms with van der Waals surface area (Å²) in [7, 11) is 0. The van der Waals surface area contributed by atoms with Crippen LogP contribution in [-0.4, -0.2) is 46.3 Å². The van der Waals surface area contributed by atoms with Crippen LogP contribution >= 0.6 is 0 Å². The molecule has 24 heavy (non-hydrogen) atoms. The van der Waals surface area contributed by atoms with Crippen molar-refractivity contribution in [3.8, 4) is 0 Å². The van der Waals surface area contributed by atoms with Gasteiger partial charge in [0.05, 0.1) is 19.8 Å². The Hall–Kier alpha value is -2.18. The predicted molar refractivity (Wildman–Crippen MR) is 90.6 cm³/mol. The third kappa shape index (κ3) is 3.49. The van der Waals surface area contributed by atoms with Crippen molar-refractivity contribution in [3.63, 3.8) is 0 Å². The van der Waals surface area contributed by atoms with Crippen LogP contribution in [0.1, 0.15) is 17.3 Å². The molecule has 1 aliphatic rings. The van der Waals surface area contributed by atoms with Crippen molar-refractivity contribution in [3.05, 3.63) is 47.7 Å². The largest absolute Gasteiger partial charge is 0.380 e. The number of hydrogen-bond acceptors (Lipinski definition) is 5. The Balaban J connectivity index is 1.43. The first kappa shape index (κ1) is 15.4. The van der Waals surface area contributed by atoms with E-state index >= 15 is 0 Å². The molecule has 1 aromatic carbocycles. The van der Waals surface area contributed by atoms with E-state index in [1.807, 2.05) is 13.1 Å². The zero-order chi connectivity index (χ0) is 16.4. The van der Waals surface area contributed by atoms with Crippen LogP contribution in [0.25, 0.3) is 10.9 Å². The third-order valence-electron chi connectivity index (χ3n) is 4.50. The molecule has 0 spiro atoms. The van der Waals surface area contributed by atoms with E-state index in [0.29, 0.717) is 18.4 Å². The van der Waals surface area contributed by atoms with E-state index < -0.39 is 0 Å². The van der Waals surface area contributed by atoms with Gasteiger partial charge in [0.2, 0.25) is 5.89 Å². The fourth-order valence-corrected chi connectivity index (χ4v) is 3.39. The van der Waals surface area contributed by atoms with Crippen molar-refractivity contribution in [2.24, 2.45) is 5.92 Å². The summed E-state index contributed by atoms with van der Waals surface area (Å²) in [6.07, 6.45) is 3.00. The van der Waals surface area contributed by atoms with Gasteiger partial charge in [-0.3, -0.25) is 4.90 Å². The Bertz CT molecular complexity index is 810. The molecule has 4 rings (SSSR count). The molecule has 0 radical (unpaired) electrons. The van der Waals surface area contributed by atoms with Crippen molar-refractivity contribution < 1.29 is 9.26 Å². The van der Waals surface area contributed by atoms with Gasteiger partial charge in [-0.15, -0.1) is 0 Å². The molecular weight excluding hydrogens is 304 g/mol. The number of aryl methyl sites for hydroxylation is 1. The molecule has 6 nitrogen and oxygen atoms in total. The summed E-state index contributed by atoms with van der Waals surface area (Å²) in [5.74, 6) is 1.84. The summed E-state index contributed by atoms with van der Waals surface area (Å²) in [6.45, 7) is 5.98. The first-order valence-electron chi connectivity index (χ1n) is 8.41. The van der Waals surface area contributed by atoms with Crippen LogP contribution in [0.5, 0.6) is 0 Å². The Morgan fingerprint density at radius 3 is 3.17 bits per heavy atom. The van der Waals surface area contributed by atoms with Crippen molar-refractivity contribution in [1.29, 1.82) is 0 Å². The topological polar surface area (TPSA) is 67.2 Å². The Labute approximate surface area is 140 Å². The maximum atomic E-state index is 5.81. The molecule has 3 heterocycles. The molecular formula is C18H22N4O2. The number of H-pyrrole nitrogens is 1. The lowest BCUT2D eigenvalue weighted by Crippen LogP contribution is -2.30. The number of fused-ring (bicyclic) bond motifs is 1. The molecule has 0 bridgehead atoms. The van der Waals surface area contributed by atoms with Gasteiger partial charge in [0, 0.05) is 31.7 Å². The second kappa shape index (κ2) is 6.75. The van der Waals surface area contributed by atoms with E-state index in [1.165, 1.54) is 16.5 Å². The van der Waals surface area contributed by atoms with Crippen LogP contribution in [0.2, 0.25) is 0 Å². The van der Waals surface area contributed by atoms with E-state index in [4.69, 9.17) is 9.26 Å². The summed E-state index contributed by atoms with van der Waals surface area (Å²) in [5.41, 5.74) is 2.54. The lowest BCUT2D eigenvalue weighted by atomic mass is 9.98. The van der Waals surface area contributed by atoms with Gasteiger partial charge < -0.3 is 14.2 Å². The quantitative estimate of drug-likeness (QED) is 0.798. The van der Waals surface area contributed by atoms with E-state index in [9.17, 15) is 0 Å². The molecule has 3 aromatic rings. The fourth-order valence-electron chi connectivity index (χ4n) is 3.39. The molecule has 6 heteroatoms. The zero-order valence-electron chi connectivity index (χ0n) is 13.9. The van der Waals surface area contributed by atoms with Gasteiger partial charge in [-0.05, 0) is 41.5 Å². The molecule has 1 saturated heterocycles. The number of benzene rings is 1. The predicted octanol–water partition coefficient (Wildman–Crippen LogP) is 2.55. The van der Waals surface area contributed by atoms with Gasteiger partial charge >= 0.3 is 0 Å². The SMILES string of the molecule is Cc1nc(CN2CCOC[C@H](Cc3ccc4[nH]ccc4c3)C2)no1. The van der Waals surface area contributed by atoms with Gasteiger partial charge in [-0.1, -0.05) is 11.2 Å². The van der Waals surface area contributed by atoms with Crippen molar-refractivity contribution >= 4 is 10.9 Å². The number of ether oxygens (including phenoxy) is 1. The van der Waals surface area contributed by atoms with E-state index in [1.54, 1.807) is 0 Å². The maximum Gasteiger partial charge on any atom is 0.223 e. The van der Waals surface area contributed by atoms with Gasteiger partial charge in [0.15, 0.2) is 5.82 Å². The van der Waals surface area contributed by atoms with E-state index in [0.717, 1.165) is 38.5 Å². The summed E-state index contributed by atoms with van der Waals surface area (Å²) in [5, 5.41) is 5.27. The number of aromatic amines is 1. The molecule has 1 atom stereocenters. The molecule has 0 unspecified atom stereocenters. The van der Waals surface area contributed by atoms with Gasteiger partial charge in [0.1, 0.15) is 0 Å². The van der Waals surface area contributed by atoms with Crippen LogP contribution in [0.3, 0.4) is 0 Å². The first-order valence-corrected chi connectivity index (χ1v) is 8.41. The Morgan fingerprint density at radius 2 is 2.29 bits per heavy atom. The molecule has 1 N–H and O–H groups in total. The second-order valence-electron chi connectivity index (χ2n) is 6.51. The molecule has 126 valence electrons. The minimum Gasteiger partial charge on any atom is -0.380 e. The lowest BCUT2D eigenvalue weighted by molar-refractivity contribution is 0.121. The first-order chi connectivity index (χ1) is 11.8. The van der Waals surface area contributed by atoms with E-state index in [-0.39, 0.29) is 0 Å². The summed E-state index contributed by atoms with van der Waals surface area (Å²) in [6, 6.07) is 8.75. The smallest absolute Gasteiger partial charge is 0.223 e. The molecule has 0 aliphatic carbocycles. The van der Waals surface area contributed by atoms with Gasteiger partial charge in [-0.2, -0.15) is 4.98 Å². The highest BCUT2D eigenvalue weighted by Crippen LogP contribution is 2.19. The molecule has 1 aliphatic heterocycles. The average Bonchev–Trinajstić information content (AvgIpc) is 3.13. The van der Waals surface area contributed by atoms with Crippen molar-refractivity contribution in [2.75, 3.05) is 26.3 Å². The number of hydrogen-bond donors (Lipinski definition) is 1. The minimum atomic E-state index is 0.469. The van der Waals surface area contributed by atoms with Crippen LogP contribution in [0.15, 0.2) is 35.0 Å². The van der Waals surface area contributed by atoms with Crippen LogP contribution in [0.4, 0.5) is 0 Å². The third-order valence-corrected chi connectivity index (χ3v) is 4.50. The number of nitrogens with zero attached hydrogens (tertiary/aromatic N) is 3. The van der Waals surface area contributed by atoms with Crippen molar-refractivity contribution in [2.45, 2.75) is 19.9 Å². The highest BCUT2D eigenvalue weighted by atomic mass is 16.5. The fraction of sp³-hybridized carbons (Fsp3) is 0.444. The Morgan fingerprint density at radius 1 is 1.33 bits per heavy atom. The normalized spacial score (nSPS) is 19.6. The summed E-state index contributed by atoms with van der Waals surface area (Å²) < 4.78 is 10.9. The lowest BCUT2D eigenvalue weighted by Gasteiger charge is -2.22. The number of aromatic nitrogens is 3. The molecule has 2 aromatic heterocycles. The molecule has 0 amide bonds. The highest BCUT2D eigenvalue weighted by Gasteiger charge is 2.20. The van der Waals surface area contributed by atoms with Crippen LogP contribution in [0, 0.1) is 12.8 Å². The highest BCUT2D eigenvalue weighted by molar-refractivity contribution is 5.79. The average molecular weight is 326 g/mol. The Kier molecular flexibility index (Phi) is 4.32. The second-order valence-corrected chi connectivity index (χ2v) is 6.51. The van der Waals surface area contributed by atoms with E-state index in [2.05, 4.69) is 44.3 Å². The van der Waals surface area contributed by atoms with Gasteiger partial charge in [0.25, 0.3) is 0 Å². The monoisotopic (exact) mass is 326 g/mol. The number of rotatable bonds is 4. The minimum absolute atomic E-state index is 0.469.